The minimum atomic E-state index is -4.08. The van der Waals surface area contributed by atoms with Crippen molar-refractivity contribution < 1.29 is 27.9 Å². The van der Waals surface area contributed by atoms with Crippen LogP contribution in [-0.4, -0.2) is 62.1 Å². The number of hydrogen-bond acceptors (Lipinski definition) is 6. The van der Waals surface area contributed by atoms with Gasteiger partial charge in [-0.3, -0.25) is 9.59 Å². The summed E-state index contributed by atoms with van der Waals surface area (Å²) in [5, 5.41) is 10.6. The second-order valence-corrected chi connectivity index (χ2v) is 12.9. The Morgan fingerprint density at radius 2 is 1.84 bits per heavy atom. The van der Waals surface area contributed by atoms with Gasteiger partial charge in [0, 0.05) is 35.3 Å². The lowest BCUT2D eigenvalue weighted by molar-refractivity contribution is -0.140. The van der Waals surface area contributed by atoms with E-state index in [1.807, 2.05) is 18.2 Å². The van der Waals surface area contributed by atoms with E-state index in [0.717, 1.165) is 32.9 Å². The van der Waals surface area contributed by atoms with Crippen molar-refractivity contribution in [2.24, 2.45) is 0 Å². The Morgan fingerprint density at radius 3 is 2.55 bits per heavy atom. The maximum absolute atomic E-state index is 13.2. The van der Waals surface area contributed by atoms with Gasteiger partial charge in [0.25, 0.3) is 10.0 Å². The number of sulfonamides is 1. The molecule has 0 radical (unpaired) electrons. The summed E-state index contributed by atoms with van der Waals surface area (Å²) < 4.78 is 34.3. The van der Waals surface area contributed by atoms with Gasteiger partial charge in [0.15, 0.2) is 0 Å². The summed E-state index contributed by atoms with van der Waals surface area (Å²) >= 11 is 7.01. The number of halogens is 1. The number of morpholine rings is 1. The molecule has 2 aromatic carbocycles. The predicted molar refractivity (Wildman–Crippen MR) is 145 cm³/mol. The molecule has 1 amide bonds. The van der Waals surface area contributed by atoms with Gasteiger partial charge >= 0.3 is 5.97 Å². The lowest BCUT2D eigenvalue weighted by atomic mass is 10.0. The number of hydrogen-bond donors (Lipinski definition) is 2. The van der Waals surface area contributed by atoms with Crippen LogP contribution in [0, 0.1) is 0 Å². The lowest BCUT2D eigenvalue weighted by Crippen LogP contribution is -2.44. The summed E-state index contributed by atoms with van der Waals surface area (Å²) in [6.45, 7) is 2.27. The van der Waals surface area contributed by atoms with Crippen molar-refractivity contribution in [3.05, 3.63) is 76.8 Å². The largest absolute Gasteiger partial charge is 0.480 e. The summed E-state index contributed by atoms with van der Waals surface area (Å²) in [6.07, 6.45) is 1.01. The van der Waals surface area contributed by atoms with Gasteiger partial charge < -0.3 is 14.7 Å². The number of thiophene rings is 1. The van der Waals surface area contributed by atoms with E-state index in [1.54, 1.807) is 41.3 Å². The fourth-order valence-corrected chi connectivity index (χ4v) is 7.61. The Kier molecular flexibility index (Phi) is 7.61. The Bertz CT molecular complexity index is 1450. The molecule has 2 N–H and O–H groups in total. The molecule has 0 spiro atoms. The minimum absolute atomic E-state index is 0.0455. The van der Waals surface area contributed by atoms with Crippen LogP contribution in [0.1, 0.15) is 29.9 Å². The van der Waals surface area contributed by atoms with Crippen LogP contribution in [0.2, 0.25) is 5.02 Å². The predicted octanol–water partition coefficient (Wildman–Crippen LogP) is 4.15. The zero-order valence-corrected chi connectivity index (χ0v) is 22.8. The number of carbonyl (C=O) groups excluding carboxylic acids is 1. The van der Waals surface area contributed by atoms with Gasteiger partial charge in [-0.25, -0.2) is 8.42 Å². The van der Waals surface area contributed by atoms with Crippen molar-refractivity contribution in [1.29, 1.82) is 0 Å². The molecule has 2 heterocycles. The highest BCUT2D eigenvalue weighted by Crippen LogP contribution is 2.53. The third kappa shape index (κ3) is 5.64. The van der Waals surface area contributed by atoms with Crippen LogP contribution in [0.25, 0.3) is 10.4 Å². The number of aliphatic carboxylic acids is 1. The van der Waals surface area contributed by atoms with E-state index in [-0.39, 0.29) is 16.5 Å². The molecule has 38 heavy (non-hydrogen) atoms. The first kappa shape index (κ1) is 26.8. The number of ether oxygens (including phenoxy) is 1. The number of benzene rings is 2. The van der Waals surface area contributed by atoms with E-state index in [0.29, 0.717) is 44.2 Å². The van der Waals surface area contributed by atoms with Gasteiger partial charge in [-0.2, -0.15) is 4.72 Å². The van der Waals surface area contributed by atoms with Crippen molar-refractivity contribution in [2.45, 2.75) is 34.9 Å². The molecule has 8 nitrogen and oxygen atoms in total. The van der Waals surface area contributed by atoms with Crippen molar-refractivity contribution in [2.75, 3.05) is 26.3 Å². The highest BCUT2D eigenvalue weighted by Gasteiger charge is 2.63. The Labute approximate surface area is 230 Å². The highest BCUT2D eigenvalue weighted by molar-refractivity contribution is 7.91. The summed E-state index contributed by atoms with van der Waals surface area (Å²) in [5.74, 6) is -1.67. The number of rotatable bonds is 9. The summed E-state index contributed by atoms with van der Waals surface area (Å²) in [6, 6.07) is 17.6. The van der Waals surface area contributed by atoms with Crippen LogP contribution in [0.15, 0.2) is 64.9 Å². The SMILES string of the molecule is O=C(CCc1cccc([C@@H]2CC2(NS(=O)(=O)c2ccc(-c3ccc(Cl)cc3)s2)C(=O)O)c1)N1CCOCC1. The number of carboxylic acids is 1. The number of carboxylic acid groups (broad SMARTS) is 1. The number of nitrogens with one attached hydrogen (secondary N) is 1. The first-order valence-corrected chi connectivity index (χ1v) is 14.9. The normalized spacial score (nSPS) is 21.3. The Balaban J connectivity index is 1.28. The molecule has 1 unspecified atom stereocenters. The molecule has 11 heteroatoms. The summed E-state index contributed by atoms with van der Waals surface area (Å²) in [7, 11) is -4.08. The van der Waals surface area contributed by atoms with E-state index < -0.39 is 27.4 Å². The van der Waals surface area contributed by atoms with Crippen LogP contribution in [0.3, 0.4) is 0 Å². The first-order chi connectivity index (χ1) is 18.2. The smallest absolute Gasteiger partial charge is 0.325 e. The van der Waals surface area contributed by atoms with Crippen molar-refractivity contribution in [3.8, 4) is 10.4 Å². The maximum atomic E-state index is 13.2. The molecule has 1 aliphatic heterocycles. The van der Waals surface area contributed by atoms with E-state index in [2.05, 4.69) is 4.72 Å². The third-order valence-electron chi connectivity index (χ3n) is 6.98. The molecule has 3 aromatic rings. The monoisotopic (exact) mass is 574 g/mol. The fraction of sp³-hybridized carbons (Fsp3) is 0.333. The van der Waals surface area contributed by atoms with Crippen molar-refractivity contribution in [1.82, 2.24) is 9.62 Å². The number of carbonyl (C=O) groups is 2. The van der Waals surface area contributed by atoms with Gasteiger partial charge in [0.05, 0.1) is 13.2 Å². The van der Waals surface area contributed by atoms with Gasteiger partial charge in [0.1, 0.15) is 9.75 Å². The number of nitrogens with zero attached hydrogens (tertiary/aromatic N) is 1. The Hall–Kier alpha value is -2.76. The average Bonchev–Trinajstić information content (AvgIpc) is 3.41. The molecule has 2 atom stereocenters. The van der Waals surface area contributed by atoms with Crippen LogP contribution in [0.5, 0.6) is 0 Å². The quantitative estimate of drug-likeness (QED) is 0.397. The van der Waals surface area contributed by atoms with Crippen molar-refractivity contribution >= 4 is 44.8 Å². The summed E-state index contributed by atoms with van der Waals surface area (Å²) in [5.41, 5.74) is 0.844. The van der Waals surface area contributed by atoms with Gasteiger partial charge in [-0.1, -0.05) is 48.0 Å². The molecule has 5 rings (SSSR count). The molecule has 1 saturated heterocycles. The molecule has 0 bridgehead atoms. The number of amides is 1. The minimum Gasteiger partial charge on any atom is -0.480 e. The van der Waals surface area contributed by atoms with Gasteiger partial charge in [0.2, 0.25) is 5.91 Å². The third-order valence-corrected chi connectivity index (χ3v) is 10.4. The highest BCUT2D eigenvalue weighted by atomic mass is 35.5. The molecule has 200 valence electrons. The number of aryl methyl sites for hydroxylation is 1. The molecular weight excluding hydrogens is 548 g/mol. The van der Waals surface area contributed by atoms with Gasteiger partial charge in [-0.05, 0) is 53.8 Å². The standard InChI is InChI=1S/C27H27ClN2O6S2/c28-21-7-5-19(6-8-21)23-9-11-25(37-23)38(34,35)29-27(26(32)33)17-22(27)20-3-1-2-18(16-20)4-10-24(31)30-12-14-36-15-13-30/h1-3,5-9,11,16,22,29H,4,10,12-15,17H2,(H,32,33)/t22-,27?/m0/s1. The zero-order valence-electron chi connectivity index (χ0n) is 20.4. The molecule has 1 aromatic heterocycles. The lowest BCUT2D eigenvalue weighted by Gasteiger charge is -2.26. The molecule has 2 fully saturated rings. The average molecular weight is 575 g/mol. The molecule has 1 saturated carbocycles. The Morgan fingerprint density at radius 1 is 1.11 bits per heavy atom. The van der Waals surface area contributed by atoms with Crippen molar-refractivity contribution in [3.63, 3.8) is 0 Å². The van der Waals surface area contributed by atoms with E-state index >= 15 is 0 Å². The second kappa shape index (κ2) is 10.8. The topological polar surface area (TPSA) is 113 Å². The molecule has 1 aliphatic carbocycles. The van der Waals surface area contributed by atoms with Gasteiger partial charge in [-0.15, -0.1) is 11.3 Å². The van der Waals surface area contributed by atoms with Crippen LogP contribution in [0.4, 0.5) is 0 Å². The first-order valence-electron chi connectivity index (χ1n) is 12.3. The second-order valence-electron chi connectivity index (χ2n) is 9.50. The van der Waals surface area contributed by atoms with E-state index in [4.69, 9.17) is 16.3 Å². The summed E-state index contributed by atoms with van der Waals surface area (Å²) in [4.78, 5) is 27.3. The molecule has 2 aliphatic rings. The van der Waals surface area contributed by atoms with Crippen LogP contribution in [-0.2, 0) is 30.8 Å². The zero-order chi connectivity index (χ0) is 26.9. The maximum Gasteiger partial charge on any atom is 0.325 e. The van der Waals surface area contributed by atoms with Crippen LogP contribution < -0.4 is 4.72 Å². The molecular formula is C27H27ClN2O6S2. The van der Waals surface area contributed by atoms with E-state index in [9.17, 15) is 23.1 Å². The van der Waals surface area contributed by atoms with Crippen LogP contribution >= 0.6 is 22.9 Å². The van der Waals surface area contributed by atoms with E-state index in [1.165, 1.54) is 6.07 Å². The fourth-order valence-electron chi connectivity index (χ4n) is 4.77.